The van der Waals surface area contributed by atoms with Crippen molar-refractivity contribution in [3.8, 4) is 0 Å². The maximum atomic E-state index is 11.5. The second-order valence-electron chi connectivity index (χ2n) is 7.15. The first-order valence-electron chi connectivity index (χ1n) is 10.5. The molecule has 0 aromatic heterocycles. The Morgan fingerprint density at radius 3 is 1.72 bits per heavy atom. The minimum Gasteiger partial charge on any atom is -0.465 e. The van der Waals surface area contributed by atoms with Crippen molar-refractivity contribution in [2.45, 2.75) is 19.8 Å². The lowest BCUT2D eigenvalue weighted by Crippen LogP contribution is -2.30. The Morgan fingerprint density at radius 2 is 1.33 bits per heavy atom. The van der Waals surface area contributed by atoms with Gasteiger partial charge in [-0.2, -0.15) is 0 Å². The van der Waals surface area contributed by atoms with Crippen LogP contribution in [0.25, 0.3) is 0 Å². The van der Waals surface area contributed by atoms with E-state index in [1.807, 2.05) is 12.1 Å². The molecule has 0 radical (unpaired) electrons. The smallest absolute Gasteiger partial charge is 0.338 e. The fourth-order valence-electron chi connectivity index (χ4n) is 3.55. The molecule has 2 aromatic carbocycles. The van der Waals surface area contributed by atoms with Crippen LogP contribution >= 0.6 is 0 Å². The van der Waals surface area contributed by atoms with Crippen molar-refractivity contribution in [2.24, 2.45) is 17.5 Å². The van der Waals surface area contributed by atoms with E-state index in [9.17, 15) is 19.2 Å². The van der Waals surface area contributed by atoms with Gasteiger partial charge in [0.05, 0.1) is 25.5 Å². The number of hydrogen-bond donors (Lipinski definition) is 5. The molecule has 2 heterocycles. The molecule has 0 saturated carbocycles. The van der Waals surface area contributed by atoms with Crippen LogP contribution < -0.4 is 32.8 Å². The van der Waals surface area contributed by atoms with Gasteiger partial charge in [0.15, 0.2) is 0 Å². The summed E-state index contributed by atoms with van der Waals surface area (Å²) in [7, 11) is 4.73. The summed E-state index contributed by atoms with van der Waals surface area (Å²) in [5.41, 5.74) is 6.09. The number of benzene rings is 2. The summed E-state index contributed by atoms with van der Waals surface area (Å²) >= 11 is 0. The van der Waals surface area contributed by atoms with E-state index in [0.29, 0.717) is 11.1 Å². The van der Waals surface area contributed by atoms with Crippen molar-refractivity contribution in [3.05, 3.63) is 58.7 Å². The summed E-state index contributed by atoms with van der Waals surface area (Å²) in [5.74, 6) is 12.3. The van der Waals surface area contributed by atoms with Crippen LogP contribution in [0.3, 0.4) is 0 Å². The summed E-state index contributed by atoms with van der Waals surface area (Å²) in [6, 6.07) is 10.5. The number of nitrogens with zero attached hydrogens (tertiary/aromatic N) is 2. The molecule has 4 rings (SSSR count). The third-order valence-electron chi connectivity index (χ3n) is 5.21. The molecule has 2 aliphatic rings. The highest BCUT2D eigenvalue weighted by molar-refractivity contribution is 6.07. The molecule has 0 fully saturated rings. The number of nitrogens with one attached hydrogen (secondary N) is 1. The zero-order valence-electron chi connectivity index (χ0n) is 20.7. The zero-order chi connectivity index (χ0) is 26.7. The highest BCUT2D eigenvalue weighted by Gasteiger charge is 2.29. The van der Waals surface area contributed by atoms with Gasteiger partial charge in [0.25, 0.3) is 5.91 Å². The van der Waals surface area contributed by atoms with Crippen molar-refractivity contribution in [1.29, 1.82) is 0 Å². The largest absolute Gasteiger partial charge is 0.465 e. The molecule has 36 heavy (non-hydrogen) atoms. The second-order valence-corrected chi connectivity index (χ2v) is 7.15. The number of carbonyl (C=O) groups is 4. The molecular formula is C23H34N6O7. The number of fused-ring (bicyclic) bond motifs is 2. The summed E-state index contributed by atoms with van der Waals surface area (Å²) in [5, 5.41) is 7.57. The molecule has 2 aliphatic heterocycles. The number of rotatable bonds is 2. The first-order valence-corrected chi connectivity index (χ1v) is 10.5. The fraction of sp³-hybridized carbons (Fsp3) is 0.304. The Labute approximate surface area is 209 Å². The number of anilines is 2. The van der Waals surface area contributed by atoms with E-state index in [2.05, 4.69) is 21.8 Å². The molecule has 0 bridgehead atoms. The van der Waals surface area contributed by atoms with Crippen LogP contribution in [0, 0.1) is 0 Å². The topological polar surface area (TPSA) is 226 Å². The Kier molecular flexibility index (Phi) is 13.5. The summed E-state index contributed by atoms with van der Waals surface area (Å²) < 4.78 is 4.66. The zero-order valence-corrected chi connectivity index (χ0v) is 20.7. The van der Waals surface area contributed by atoms with Crippen LogP contribution in [0.1, 0.15) is 38.8 Å². The number of likely N-dealkylation sites (N-methyl/N-ethyl adjacent to an activating group) is 2. The first-order chi connectivity index (χ1) is 16.7. The molecule has 13 nitrogen and oxygen atoms in total. The van der Waals surface area contributed by atoms with E-state index in [0.717, 1.165) is 22.5 Å². The van der Waals surface area contributed by atoms with E-state index in [1.165, 1.54) is 7.11 Å². The van der Waals surface area contributed by atoms with E-state index in [4.69, 9.17) is 10.9 Å². The number of nitrogen functional groups attached to an aromatic ring is 1. The molecular weight excluding hydrogens is 472 g/mol. The van der Waals surface area contributed by atoms with Gasteiger partial charge >= 0.3 is 5.97 Å². The lowest BCUT2D eigenvalue weighted by Gasteiger charge is -2.10. The van der Waals surface area contributed by atoms with Crippen LogP contribution in [0.5, 0.6) is 0 Å². The number of ether oxygens (including phenoxy) is 1. The van der Waals surface area contributed by atoms with Crippen molar-refractivity contribution in [1.82, 2.24) is 5.43 Å². The molecule has 0 atom stereocenters. The Bertz CT molecular complexity index is 993. The van der Waals surface area contributed by atoms with Crippen LogP contribution in [0.4, 0.5) is 11.4 Å². The number of nitrogens with two attached hydrogens (primary N) is 3. The van der Waals surface area contributed by atoms with Crippen molar-refractivity contribution < 1.29 is 34.5 Å². The number of methoxy groups -OCH3 is 1. The van der Waals surface area contributed by atoms with Gasteiger partial charge in [0, 0.05) is 37.6 Å². The Hall–Kier alpha value is -3.88. The third kappa shape index (κ3) is 7.07. The molecule has 3 amide bonds. The number of aliphatic hydroxyl groups excluding tert-OH is 1. The number of carbonyl (C=O) groups excluding carboxylic acids is 4. The average Bonchev–Trinajstić information content (AvgIpc) is 3.34. The summed E-state index contributed by atoms with van der Waals surface area (Å²) in [4.78, 5) is 48.9. The average molecular weight is 507 g/mol. The van der Waals surface area contributed by atoms with Gasteiger partial charge in [0.2, 0.25) is 11.8 Å². The van der Waals surface area contributed by atoms with E-state index in [1.54, 1.807) is 55.1 Å². The molecule has 0 aliphatic carbocycles. The lowest BCUT2D eigenvalue weighted by atomic mass is 10.0. The molecule has 0 spiro atoms. The molecule has 198 valence electrons. The lowest BCUT2D eigenvalue weighted by molar-refractivity contribution is -0.117. The van der Waals surface area contributed by atoms with Gasteiger partial charge in [-0.15, -0.1) is 0 Å². The Morgan fingerprint density at radius 1 is 0.944 bits per heavy atom. The fourth-order valence-corrected chi connectivity index (χ4v) is 3.55. The van der Waals surface area contributed by atoms with Gasteiger partial charge in [-0.3, -0.25) is 31.5 Å². The minimum absolute atomic E-state index is 0. The maximum absolute atomic E-state index is 11.5. The van der Waals surface area contributed by atoms with Gasteiger partial charge in [-0.05, 0) is 42.3 Å². The van der Waals surface area contributed by atoms with Gasteiger partial charge in [0.1, 0.15) is 0 Å². The predicted octanol–water partition coefficient (Wildman–Crippen LogP) is -1.21. The second kappa shape index (κ2) is 15.2. The van der Waals surface area contributed by atoms with E-state index >= 15 is 0 Å². The molecule has 0 unspecified atom stereocenters. The van der Waals surface area contributed by atoms with Crippen LogP contribution in [-0.4, -0.2) is 62.1 Å². The normalized spacial score (nSPS) is 12.3. The quantitative estimate of drug-likeness (QED) is 0.142. The van der Waals surface area contributed by atoms with Crippen molar-refractivity contribution in [3.63, 3.8) is 0 Å². The SMILES string of the molecule is CCO.CN1C(=O)Cc2c(C(=O)NN)cccc21.COC(=O)c1cccc2c1CC(=O)N2C.NN.O. The van der Waals surface area contributed by atoms with Crippen LogP contribution in [0.2, 0.25) is 0 Å². The molecule has 13 heteroatoms. The Balaban J connectivity index is 0.000000565. The number of esters is 1. The number of aliphatic hydroxyl groups is 1. The highest BCUT2D eigenvalue weighted by Crippen LogP contribution is 2.31. The predicted molar refractivity (Wildman–Crippen MR) is 135 cm³/mol. The maximum Gasteiger partial charge on any atom is 0.338 e. The molecule has 10 N–H and O–H groups in total. The van der Waals surface area contributed by atoms with E-state index < -0.39 is 5.97 Å². The highest BCUT2D eigenvalue weighted by atomic mass is 16.5. The summed E-state index contributed by atoms with van der Waals surface area (Å²) in [6.45, 7) is 1.93. The van der Waals surface area contributed by atoms with Crippen LogP contribution in [-0.2, 0) is 27.2 Å². The van der Waals surface area contributed by atoms with E-state index in [-0.39, 0.29) is 42.6 Å². The monoisotopic (exact) mass is 506 g/mol. The van der Waals surface area contributed by atoms with Crippen LogP contribution in [0.15, 0.2) is 36.4 Å². The molecule has 0 saturated heterocycles. The third-order valence-corrected chi connectivity index (χ3v) is 5.21. The van der Waals surface area contributed by atoms with Gasteiger partial charge in [-0.1, -0.05) is 12.1 Å². The standard InChI is InChI=1S/C11H11NO3.C10H11N3O2.C2H6O.H4N2.H2O/c1-12-9-5-3-4-7(11(14)15-2)8(9)6-10(12)13;1-13-8-4-2-3-6(10(15)12-11)7(8)5-9(13)14;1-2-3;1-2;/h3-5H,6H2,1-2H3;2-4H,5,11H2,1H3,(H,12,15);3H,2H2,1H3;1-2H2;1H2. The molecule has 2 aromatic rings. The van der Waals surface area contributed by atoms with Crippen molar-refractivity contribution in [2.75, 3.05) is 37.6 Å². The number of amides is 3. The van der Waals surface area contributed by atoms with Gasteiger partial charge < -0.3 is 25.1 Å². The summed E-state index contributed by atoms with van der Waals surface area (Å²) in [6.07, 6.45) is 0.534. The minimum atomic E-state index is -0.394. The first kappa shape index (κ1) is 32.1. The number of hydrazine groups is 2. The van der Waals surface area contributed by atoms with Crippen molar-refractivity contribution >= 4 is 35.1 Å². The number of hydrogen-bond acceptors (Lipinski definition) is 9. The van der Waals surface area contributed by atoms with Gasteiger partial charge in [-0.25, -0.2) is 10.6 Å².